The van der Waals surface area contributed by atoms with Crippen LogP contribution >= 0.6 is 0 Å². The largest absolute Gasteiger partial charge is 0.497 e. The SMILES string of the molecule is COc1ccc(OC)c(C(O)CNCCCO)c1. The Kier molecular flexibility index (Phi) is 6.49. The van der Waals surface area contributed by atoms with Gasteiger partial charge in [0.25, 0.3) is 0 Å². The van der Waals surface area contributed by atoms with Gasteiger partial charge in [0.1, 0.15) is 11.5 Å². The number of hydrogen-bond acceptors (Lipinski definition) is 5. The van der Waals surface area contributed by atoms with Crippen molar-refractivity contribution in [2.45, 2.75) is 12.5 Å². The molecule has 5 nitrogen and oxygen atoms in total. The molecular weight excluding hydrogens is 234 g/mol. The first-order valence-corrected chi connectivity index (χ1v) is 5.94. The third-order valence-electron chi connectivity index (χ3n) is 2.65. The average molecular weight is 255 g/mol. The minimum atomic E-state index is -0.672. The van der Waals surface area contributed by atoms with Gasteiger partial charge in [-0.1, -0.05) is 0 Å². The summed E-state index contributed by atoms with van der Waals surface area (Å²) in [6.45, 7) is 1.22. The lowest BCUT2D eigenvalue weighted by molar-refractivity contribution is 0.168. The van der Waals surface area contributed by atoms with E-state index < -0.39 is 6.10 Å². The first kappa shape index (κ1) is 14.8. The third kappa shape index (κ3) is 4.18. The molecule has 0 spiro atoms. The maximum atomic E-state index is 10.1. The van der Waals surface area contributed by atoms with Gasteiger partial charge in [-0.2, -0.15) is 0 Å². The highest BCUT2D eigenvalue weighted by Gasteiger charge is 2.14. The molecule has 0 fully saturated rings. The molecule has 0 saturated carbocycles. The normalized spacial score (nSPS) is 12.2. The summed E-state index contributed by atoms with van der Waals surface area (Å²) in [5.41, 5.74) is 0.688. The smallest absolute Gasteiger partial charge is 0.124 e. The van der Waals surface area contributed by atoms with Crippen LogP contribution in [0, 0.1) is 0 Å². The minimum absolute atomic E-state index is 0.144. The summed E-state index contributed by atoms with van der Waals surface area (Å²) in [6, 6.07) is 5.32. The molecule has 18 heavy (non-hydrogen) atoms. The highest BCUT2D eigenvalue weighted by molar-refractivity contribution is 5.41. The van der Waals surface area contributed by atoms with Crippen LogP contribution in [0.2, 0.25) is 0 Å². The van der Waals surface area contributed by atoms with Gasteiger partial charge in [-0.25, -0.2) is 0 Å². The Morgan fingerprint density at radius 2 is 2.06 bits per heavy atom. The van der Waals surface area contributed by atoms with Crippen LogP contribution in [0.4, 0.5) is 0 Å². The molecule has 0 radical (unpaired) electrons. The average Bonchev–Trinajstić information content (AvgIpc) is 2.42. The van der Waals surface area contributed by atoms with Crippen LogP contribution in [0.3, 0.4) is 0 Å². The van der Waals surface area contributed by atoms with Gasteiger partial charge < -0.3 is 25.0 Å². The molecular formula is C13H21NO4. The number of rotatable bonds is 8. The molecule has 1 unspecified atom stereocenters. The van der Waals surface area contributed by atoms with E-state index in [1.807, 2.05) is 0 Å². The van der Waals surface area contributed by atoms with Crippen LogP contribution in [-0.4, -0.2) is 44.1 Å². The van der Waals surface area contributed by atoms with Crippen molar-refractivity contribution in [2.24, 2.45) is 0 Å². The van der Waals surface area contributed by atoms with Crippen LogP contribution in [0.1, 0.15) is 18.1 Å². The van der Waals surface area contributed by atoms with Crippen molar-refractivity contribution in [3.05, 3.63) is 23.8 Å². The highest BCUT2D eigenvalue weighted by atomic mass is 16.5. The molecule has 5 heteroatoms. The van der Waals surface area contributed by atoms with E-state index in [-0.39, 0.29) is 6.61 Å². The Hall–Kier alpha value is -1.30. The standard InChI is InChI=1S/C13H21NO4/c1-17-10-4-5-13(18-2)11(8-10)12(16)9-14-6-3-7-15/h4-5,8,12,14-16H,3,6-7,9H2,1-2H3. The summed E-state index contributed by atoms with van der Waals surface area (Å²) in [4.78, 5) is 0. The monoisotopic (exact) mass is 255 g/mol. The van der Waals surface area contributed by atoms with Gasteiger partial charge in [0.05, 0.1) is 20.3 Å². The molecule has 1 atom stereocenters. The first-order chi connectivity index (χ1) is 8.72. The number of aliphatic hydroxyl groups excluding tert-OH is 2. The highest BCUT2D eigenvalue weighted by Crippen LogP contribution is 2.28. The molecule has 0 aromatic heterocycles. The van der Waals surface area contributed by atoms with Crippen molar-refractivity contribution < 1.29 is 19.7 Å². The molecule has 0 bridgehead atoms. The predicted molar refractivity (Wildman–Crippen MR) is 69.1 cm³/mol. The lowest BCUT2D eigenvalue weighted by atomic mass is 10.1. The molecule has 1 rings (SSSR count). The van der Waals surface area contributed by atoms with Gasteiger partial charge in [-0.3, -0.25) is 0 Å². The second-order valence-electron chi connectivity index (χ2n) is 3.90. The summed E-state index contributed by atoms with van der Waals surface area (Å²) in [5.74, 6) is 1.31. The van der Waals surface area contributed by atoms with Crippen LogP contribution < -0.4 is 14.8 Å². The van der Waals surface area contributed by atoms with E-state index in [1.165, 1.54) is 0 Å². The Labute approximate surface area is 107 Å². The van der Waals surface area contributed by atoms with Crippen molar-refractivity contribution in [3.8, 4) is 11.5 Å². The molecule has 0 aliphatic heterocycles. The number of methoxy groups -OCH3 is 2. The molecule has 0 heterocycles. The Morgan fingerprint density at radius 3 is 2.67 bits per heavy atom. The van der Waals surface area contributed by atoms with Gasteiger partial charge in [0.15, 0.2) is 0 Å². The molecule has 0 aliphatic carbocycles. The van der Waals surface area contributed by atoms with Crippen molar-refractivity contribution in [1.29, 1.82) is 0 Å². The minimum Gasteiger partial charge on any atom is -0.497 e. The number of hydrogen-bond donors (Lipinski definition) is 3. The molecule has 0 amide bonds. The second kappa shape index (κ2) is 7.92. The van der Waals surface area contributed by atoms with Crippen molar-refractivity contribution in [1.82, 2.24) is 5.32 Å². The van der Waals surface area contributed by atoms with Crippen LogP contribution in [0.5, 0.6) is 11.5 Å². The van der Waals surface area contributed by atoms with Gasteiger partial charge >= 0.3 is 0 Å². The summed E-state index contributed by atoms with van der Waals surface area (Å²) in [6.07, 6.45) is -0.00384. The summed E-state index contributed by atoms with van der Waals surface area (Å²) in [7, 11) is 3.15. The van der Waals surface area contributed by atoms with Crippen molar-refractivity contribution in [2.75, 3.05) is 33.9 Å². The Morgan fingerprint density at radius 1 is 1.28 bits per heavy atom. The molecule has 102 valence electrons. The van der Waals surface area contributed by atoms with Gasteiger partial charge in [0.2, 0.25) is 0 Å². The third-order valence-corrected chi connectivity index (χ3v) is 2.65. The summed E-state index contributed by atoms with van der Waals surface area (Å²) < 4.78 is 10.3. The molecule has 1 aromatic carbocycles. The number of nitrogens with one attached hydrogen (secondary N) is 1. The van der Waals surface area contributed by atoms with Crippen molar-refractivity contribution >= 4 is 0 Å². The van der Waals surface area contributed by atoms with E-state index >= 15 is 0 Å². The lowest BCUT2D eigenvalue weighted by Gasteiger charge is -2.16. The van der Waals surface area contributed by atoms with Crippen molar-refractivity contribution in [3.63, 3.8) is 0 Å². The number of benzene rings is 1. The van der Waals surface area contributed by atoms with Gasteiger partial charge in [0, 0.05) is 18.7 Å². The quantitative estimate of drug-likeness (QED) is 0.597. The zero-order valence-corrected chi connectivity index (χ0v) is 10.8. The van der Waals surface area contributed by atoms with E-state index in [1.54, 1.807) is 32.4 Å². The van der Waals surface area contributed by atoms with E-state index in [0.717, 1.165) is 0 Å². The molecule has 0 aliphatic rings. The van der Waals surface area contributed by atoms with E-state index in [4.69, 9.17) is 14.6 Å². The van der Waals surface area contributed by atoms with E-state index in [2.05, 4.69) is 5.32 Å². The zero-order chi connectivity index (χ0) is 13.4. The lowest BCUT2D eigenvalue weighted by Crippen LogP contribution is -2.23. The molecule has 0 saturated heterocycles. The van der Waals surface area contributed by atoms with Gasteiger partial charge in [-0.15, -0.1) is 0 Å². The Bertz CT molecular complexity index is 357. The number of ether oxygens (including phenoxy) is 2. The maximum absolute atomic E-state index is 10.1. The fraction of sp³-hybridized carbons (Fsp3) is 0.538. The fourth-order valence-electron chi connectivity index (χ4n) is 1.65. The number of aliphatic hydroxyl groups is 2. The summed E-state index contributed by atoms with van der Waals surface area (Å²) >= 11 is 0. The zero-order valence-electron chi connectivity index (χ0n) is 10.8. The molecule has 3 N–H and O–H groups in total. The fourth-order valence-corrected chi connectivity index (χ4v) is 1.65. The van der Waals surface area contributed by atoms with E-state index in [9.17, 15) is 5.11 Å². The van der Waals surface area contributed by atoms with Gasteiger partial charge in [-0.05, 0) is 31.2 Å². The van der Waals surface area contributed by atoms with E-state index in [0.29, 0.717) is 36.6 Å². The van der Waals surface area contributed by atoms with Crippen LogP contribution in [-0.2, 0) is 0 Å². The predicted octanol–water partition coefficient (Wildman–Crippen LogP) is 0.709. The first-order valence-electron chi connectivity index (χ1n) is 5.94. The topological polar surface area (TPSA) is 71.0 Å². The molecule has 1 aromatic rings. The maximum Gasteiger partial charge on any atom is 0.124 e. The van der Waals surface area contributed by atoms with Crippen LogP contribution in [0.25, 0.3) is 0 Å². The second-order valence-corrected chi connectivity index (χ2v) is 3.90. The summed E-state index contributed by atoms with van der Waals surface area (Å²) in [5, 5.41) is 21.8. The Balaban J connectivity index is 2.66. The van der Waals surface area contributed by atoms with Crippen LogP contribution in [0.15, 0.2) is 18.2 Å².